The van der Waals surface area contributed by atoms with Gasteiger partial charge in [-0.15, -0.1) is 0 Å². The summed E-state index contributed by atoms with van der Waals surface area (Å²) in [4.78, 5) is 11.5. The van der Waals surface area contributed by atoms with Gasteiger partial charge in [-0.05, 0) is 32.9 Å². The van der Waals surface area contributed by atoms with E-state index in [4.69, 9.17) is 5.73 Å². The first-order valence-electron chi connectivity index (χ1n) is 5.03. The number of hydrogen-bond donors (Lipinski definition) is 3. The molecule has 0 bridgehead atoms. The zero-order valence-electron chi connectivity index (χ0n) is 9.90. The van der Waals surface area contributed by atoms with Gasteiger partial charge in [0.1, 0.15) is 5.69 Å². The van der Waals surface area contributed by atoms with Crippen molar-refractivity contribution in [3.8, 4) is 0 Å². The van der Waals surface area contributed by atoms with E-state index in [0.717, 1.165) is 6.07 Å². The maximum Gasteiger partial charge on any atom is 0.319 e. The molecule has 0 saturated carbocycles. The van der Waals surface area contributed by atoms with E-state index in [1.54, 1.807) is 20.8 Å². The van der Waals surface area contributed by atoms with Crippen LogP contribution in [0.4, 0.5) is 25.0 Å². The van der Waals surface area contributed by atoms with E-state index in [1.165, 1.54) is 6.07 Å². The van der Waals surface area contributed by atoms with Crippen LogP contribution in [0.2, 0.25) is 0 Å². The number of rotatable bonds is 1. The first-order valence-corrected chi connectivity index (χ1v) is 5.03. The second-order valence-electron chi connectivity index (χ2n) is 4.65. The first kappa shape index (κ1) is 13.2. The van der Waals surface area contributed by atoms with Crippen molar-refractivity contribution in [1.82, 2.24) is 5.32 Å². The molecule has 1 aromatic carbocycles. The Morgan fingerprint density at radius 2 is 1.88 bits per heavy atom. The zero-order chi connectivity index (χ0) is 13.2. The van der Waals surface area contributed by atoms with E-state index in [1.807, 2.05) is 0 Å². The molecular formula is C11H15F2N3O. The van der Waals surface area contributed by atoms with E-state index in [2.05, 4.69) is 10.6 Å². The van der Waals surface area contributed by atoms with Crippen molar-refractivity contribution in [3.63, 3.8) is 0 Å². The molecule has 0 spiro atoms. The number of benzene rings is 1. The highest BCUT2D eigenvalue weighted by molar-refractivity contribution is 5.93. The van der Waals surface area contributed by atoms with Crippen molar-refractivity contribution in [3.05, 3.63) is 23.8 Å². The molecule has 2 amide bonds. The number of nitrogens with one attached hydrogen (secondary N) is 2. The van der Waals surface area contributed by atoms with Gasteiger partial charge in [0.25, 0.3) is 0 Å². The van der Waals surface area contributed by atoms with E-state index in [-0.39, 0.29) is 11.4 Å². The Bertz CT molecular complexity index is 441. The standard InChI is InChI=1S/C11H15F2N3O/c1-11(2,3)16-10(17)15-9-7(14)5-4-6(12)8(9)13/h4-5H,14H2,1-3H3,(H2,15,16,17). The Hall–Kier alpha value is -1.85. The number of anilines is 2. The fraction of sp³-hybridized carbons (Fsp3) is 0.364. The monoisotopic (exact) mass is 243 g/mol. The van der Waals surface area contributed by atoms with E-state index < -0.39 is 23.2 Å². The second-order valence-corrected chi connectivity index (χ2v) is 4.65. The van der Waals surface area contributed by atoms with Gasteiger partial charge in [0.05, 0.1) is 5.69 Å². The third-order valence-corrected chi connectivity index (χ3v) is 1.85. The highest BCUT2D eigenvalue weighted by Gasteiger charge is 2.18. The predicted octanol–water partition coefficient (Wildman–Crippen LogP) is 2.47. The van der Waals surface area contributed by atoms with Gasteiger partial charge in [0.2, 0.25) is 0 Å². The molecule has 94 valence electrons. The second kappa shape index (κ2) is 4.57. The Kier molecular flexibility index (Phi) is 3.55. The van der Waals surface area contributed by atoms with Gasteiger partial charge in [-0.1, -0.05) is 0 Å². The molecule has 1 aromatic rings. The number of carbonyl (C=O) groups is 1. The summed E-state index contributed by atoms with van der Waals surface area (Å²) in [6, 6.07) is 1.44. The molecule has 0 unspecified atom stereocenters. The molecule has 0 aliphatic carbocycles. The molecule has 1 rings (SSSR count). The van der Waals surface area contributed by atoms with Crippen LogP contribution in [-0.2, 0) is 0 Å². The van der Waals surface area contributed by atoms with Gasteiger partial charge in [0.15, 0.2) is 11.6 Å². The molecular weight excluding hydrogens is 228 g/mol. The predicted molar refractivity (Wildman–Crippen MR) is 62.7 cm³/mol. The molecule has 6 heteroatoms. The molecule has 0 fully saturated rings. The zero-order valence-corrected chi connectivity index (χ0v) is 9.90. The minimum atomic E-state index is -1.17. The average Bonchev–Trinajstić information content (AvgIpc) is 2.16. The van der Waals surface area contributed by atoms with Crippen LogP contribution in [0.15, 0.2) is 12.1 Å². The van der Waals surface area contributed by atoms with Crippen LogP contribution in [0.1, 0.15) is 20.8 Å². The van der Waals surface area contributed by atoms with Crippen LogP contribution in [0.5, 0.6) is 0 Å². The molecule has 0 radical (unpaired) electrons. The van der Waals surface area contributed by atoms with Crippen LogP contribution >= 0.6 is 0 Å². The Morgan fingerprint density at radius 1 is 1.29 bits per heavy atom. The number of carbonyl (C=O) groups excluding carboxylic acids is 1. The fourth-order valence-corrected chi connectivity index (χ4v) is 1.18. The normalized spacial score (nSPS) is 11.1. The van der Waals surface area contributed by atoms with Crippen LogP contribution in [0, 0.1) is 11.6 Å². The van der Waals surface area contributed by atoms with Crippen molar-refractivity contribution >= 4 is 17.4 Å². The van der Waals surface area contributed by atoms with Crippen molar-refractivity contribution in [2.75, 3.05) is 11.1 Å². The molecule has 4 N–H and O–H groups in total. The molecule has 0 atom stereocenters. The lowest BCUT2D eigenvalue weighted by molar-refractivity contribution is 0.243. The SMILES string of the molecule is CC(C)(C)NC(=O)Nc1c(N)ccc(F)c1F. The van der Waals surface area contributed by atoms with Gasteiger partial charge in [0, 0.05) is 5.54 Å². The third-order valence-electron chi connectivity index (χ3n) is 1.85. The van der Waals surface area contributed by atoms with Crippen LogP contribution in [0.3, 0.4) is 0 Å². The van der Waals surface area contributed by atoms with Gasteiger partial charge >= 0.3 is 6.03 Å². The lowest BCUT2D eigenvalue weighted by atomic mass is 10.1. The maximum absolute atomic E-state index is 13.4. The van der Waals surface area contributed by atoms with Gasteiger partial charge in [-0.3, -0.25) is 0 Å². The topological polar surface area (TPSA) is 67.2 Å². The van der Waals surface area contributed by atoms with Crippen molar-refractivity contribution in [1.29, 1.82) is 0 Å². The Balaban J connectivity index is 2.89. The summed E-state index contributed by atoms with van der Waals surface area (Å²) in [7, 11) is 0. The summed E-state index contributed by atoms with van der Waals surface area (Å²) in [5, 5.41) is 4.73. The summed E-state index contributed by atoms with van der Waals surface area (Å²) < 4.78 is 26.3. The van der Waals surface area contributed by atoms with Gasteiger partial charge < -0.3 is 16.4 Å². The molecule has 0 aliphatic rings. The summed E-state index contributed by atoms with van der Waals surface area (Å²) in [6.45, 7) is 5.29. The number of hydrogen-bond acceptors (Lipinski definition) is 2. The number of halogens is 2. The van der Waals surface area contributed by atoms with Crippen molar-refractivity contribution < 1.29 is 13.6 Å². The van der Waals surface area contributed by atoms with Crippen LogP contribution in [-0.4, -0.2) is 11.6 Å². The number of amides is 2. The summed E-state index contributed by atoms with van der Waals surface area (Å²) in [5.74, 6) is -2.24. The highest BCUT2D eigenvalue weighted by atomic mass is 19.2. The molecule has 17 heavy (non-hydrogen) atoms. The van der Waals surface area contributed by atoms with E-state index in [0.29, 0.717) is 0 Å². The Labute approximate surface area is 98.2 Å². The van der Waals surface area contributed by atoms with Gasteiger partial charge in [-0.25, -0.2) is 13.6 Å². The molecule has 0 aromatic heterocycles. The van der Waals surface area contributed by atoms with Crippen molar-refractivity contribution in [2.24, 2.45) is 0 Å². The summed E-state index contributed by atoms with van der Waals surface area (Å²) >= 11 is 0. The number of nitrogen functional groups attached to an aromatic ring is 1. The Morgan fingerprint density at radius 3 is 2.41 bits per heavy atom. The highest BCUT2D eigenvalue weighted by Crippen LogP contribution is 2.24. The minimum Gasteiger partial charge on any atom is -0.397 e. The lowest BCUT2D eigenvalue weighted by Gasteiger charge is -2.21. The van der Waals surface area contributed by atoms with Crippen LogP contribution < -0.4 is 16.4 Å². The van der Waals surface area contributed by atoms with Crippen LogP contribution in [0.25, 0.3) is 0 Å². The first-order chi connectivity index (χ1) is 7.70. The average molecular weight is 243 g/mol. The van der Waals surface area contributed by atoms with E-state index in [9.17, 15) is 13.6 Å². The number of nitrogens with two attached hydrogens (primary N) is 1. The minimum absolute atomic E-state index is 0.0343. The molecule has 0 heterocycles. The fourth-order valence-electron chi connectivity index (χ4n) is 1.18. The molecule has 4 nitrogen and oxygen atoms in total. The van der Waals surface area contributed by atoms with Gasteiger partial charge in [-0.2, -0.15) is 0 Å². The maximum atomic E-state index is 13.4. The molecule has 0 aliphatic heterocycles. The summed E-state index contributed by atoms with van der Waals surface area (Å²) in [5.41, 5.74) is 4.58. The summed E-state index contributed by atoms with van der Waals surface area (Å²) in [6.07, 6.45) is 0. The van der Waals surface area contributed by atoms with Crippen molar-refractivity contribution in [2.45, 2.75) is 26.3 Å². The smallest absolute Gasteiger partial charge is 0.319 e. The largest absolute Gasteiger partial charge is 0.397 e. The molecule has 0 saturated heterocycles. The third kappa shape index (κ3) is 3.58. The quantitative estimate of drug-likeness (QED) is 0.663. The number of urea groups is 1. The lowest BCUT2D eigenvalue weighted by Crippen LogP contribution is -2.43. The van der Waals surface area contributed by atoms with E-state index >= 15 is 0 Å².